The van der Waals surface area contributed by atoms with Crippen molar-refractivity contribution in [3.63, 3.8) is 0 Å². The standard InChI is InChI=1S/C9H15N3O4S/c1-12-7-8(5-10-12)6-11-17(15,16)4-2-3-9(13)14/h5,7,11H,2-4,6H2,1H3,(H,13,14). The second kappa shape index (κ2) is 5.78. The van der Waals surface area contributed by atoms with Crippen molar-refractivity contribution >= 4 is 16.0 Å². The Hall–Kier alpha value is -1.41. The SMILES string of the molecule is Cn1cc(CNS(=O)(=O)CCCC(=O)O)cn1. The summed E-state index contributed by atoms with van der Waals surface area (Å²) in [7, 11) is -1.68. The third-order valence-electron chi connectivity index (χ3n) is 2.06. The molecule has 0 fully saturated rings. The Bertz CT molecular complexity index is 480. The summed E-state index contributed by atoms with van der Waals surface area (Å²) in [6.45, 7) is 0.170. The monoisotopic (exact) mass is 261 g/mol. The molecule has 17 heavy (non-hydrogen) atoms. The summed E-state index contributed by atoms with van der Waals surface area (Å²) in [5.41, 5.74) is 0.759. The molecule has 0 aliphatic rings. The van der Waals surface area contributed by atoms with Crippen LogP contribution in [0.5, 0.6) is 0 Å². The number of aromatic nitrogens is 2. The van der Waals surface area contributed by atoms with Gasteiger partial charge in [0.2, 0.25) is 10.0 Å². The minimum absolute atomic E-state index is 0.109. The second-order valence-electron chi connectivity index (χ2n) is 3.66. The van der Waals surface area contributed by atoms with Crippen LogP contribution in [0.15, 0.2) is 12.4 Å². The number of sulfonamides is 1. The first-order chi connectivity index (χ1) is 7.89. The molecule has 0 aliphatic heterocycles. The maximum Gasteiger partial charge on any atom is 0.303 e. The Morgan fingerprint density at radius 3 is 2.82 bits per heavy atom. The molecule has 0 saturated heterocycles. The molecule has 1 heterocycles. The highest BCUT2D eigenvalue weighted by atomic mass is 32.2. The zero-order valence-corrected chi connectivity index (χ0v) is 10.3. The summed E-state index contributed by atoms with van der Waals surface area (Å²) in [6.07, 6.45) is 3.24. The number of carboxylic acid groups (broad SMARTS) is 1. The highest BCUT2D eigenvalue weighted by Crippen LogP contribution is 1.99. The first-order valence-corrected chi connectivity index (χ1v) is 6.71. The summed E-state index contributed by atoms with van der Waals surface area (Å²) < 4.78 is 26.9. The van der Waals surface area contributed by atoms with Crippen LogP contribution in [0.4, 0.5) is 0 Å². The maximum absolute atomic E-state index is 11.5. The molecule has 1 aromatic rings. The number of nitrogens with one attached hydrogen (secondary N) is 1. The van der Waals surface area contributed by atoms with E-state index < -0.39 is 16.0 Å². The van der Waals surface area contributed by atoms with Gasteiger partial charge in [0.05, 0.1) is 11.9 Å². The Morgan fingerprint density at radius 1 is 1.59 bits per heavy atom. The van der Waals surface area contributed by atoms with Crippen molar-refractivity contribution in [2.45, 2.75) is 19.4 Å². The van der Waals surface area contributed by atoms with Gasteiger partial charge in [-0.1, -0.05) is 0 Å². The first kappa shape index (κ1) is 13.7. The van der Waals surface area contributed by atoms with Crippen molar-refractivity contribution in [1.29, 1.82) is 0 Å². The highest BCUT2D eigenvalue weighted by molar-refractivity contribution is 7.89. The molecule has 0 spiro atoms. The van der Waals surface area contributed by atoms with Crippen LogP contribution in [-0.2, 0) is 28.4 Å². The van der Waals surface area contributed by atoms with E-state index in [-0.39, 0.29) is 25.1 Å². The van der Waals surface area contributed by atoms with Gasteiger partial charge >= 0.3 is 5.97 Å². The first-order valence-electron chi connectivity index (χ1n) is 5.06. The Balaban J connectivity index is 2.36. The van der Waals surface area contributed by atoms with Crippen LogP contribution in [0.25, 0.3) is 0 Å². The molecule has 8 heteroatoms. The van der Waals surface area contributed by atoms with Crippen molar-refractivity contribution in [1.82, 2.24) is 14.5 Å². The molecule has 0 amide bonds. The summed E-state index contributed by atoms with van der Waals surface area (Å²) in [5.74, 6) is -1.17. The van der Waals surface area contributed by atoms with Gasteiger partial charge in [0, 0.05) is 31.8 Å². The lowest BCUT2D eigenvalue weighted by Gasteiger charge is -2.04. The van der Waals surface area contributed by atoms with Gasteiger partial charge in [0.15, 0.2) is 0 Å². The van der Waals surface area contributed by atoms with Gasteiger partial charge in [-0.2, -0.15) is 5.10 Å². The molecular formula is C9H15N3O4S. The summed E-state index contributed by atoms with van der Waals surface area (Å²) in [4.78, 5) is 10.2. The van der Waals surface area contributed by atoms with Crippen molar-refractivity contribution in [3.05, 3.63) is 18.0 Å². The molecule has 0 aliphatic carbocycles. The van der Waals surface area contributed by atoms with E-state index in [9.17, 15) is 13.2 Å². The van der Waals surface area contributed by atoms with Crippen molar-refractivity contribution < 1.29 is 18.3 Å². The van der Waals surface area contributed by atoms with Crippen LogP contribution in [0.1, 0.15) is 18.4 Å². The minimum atomic E-state index is -3.42. The number of hydrogen-bond donors (Lipinski definition) is 2. The highest BCUT2D eigenvalue weighted by Gasteiger charge is 2.11. The predicted octanol–water partition coefficient (Wildman–Crippen LogP) is -0.296. The molecule has 0 radical (unpaired) electrons. The van der Waals surface area contributed by atoms with Crippen LogP contribution in [0, 0.1) is 0 Å². The zero-order chi connectivity index (χ0) is 12.9. The van der Waals surface area contributed by atoms with E-state index in [2.05, 4.69) is 9.82 Å². The number of aliphatic carboxylic acids is 1. The number of rotatable bonds is 7. The van der Waals surface area contributed by atoms with Gasteiger partial charge in [0.25, 0.3) is 0 Å². The molecule has 1 rings (SSSR count). The number of nitrogens with zero attached hydrogens (tertiary/aromatic N) is 2. The van der Waals surface area contributed by atoms with Gasteiger partial charge in [-0.3, -0.25) is 9.48 Å². The van der Waals surface area contributed by atoms with E-state index in [1.165, 1.54) is 0 Å². The number of carbonyl (C=O) groups is 1. The van der Waals surface area contributed by atoms with Gasteiger partial charge in [-0.05, 0) is 6.42 Å². The normalized spacial score (nSPS) is 11.6. The van der Waals surface area contributed by atoms with Crippen LogP contribution < -0.4 is 4.72 Å². The van der Waals surface area contributed by atoms with E-state index in [1.54, 1.807) is 24.1 Å². The van der Waals surface area contributed by atoms with E-state index >= 15 is 0 Å². The number of aryl methyl sites for hydroxylation is 1. The maximum atomic E-state index is 11.5. The molecule has 0 bridgehead atoms. The van der Waals surface area contributed by atoms with Crippen LogP contribution in [-0.4, -0.2) is 35.0 Å². The fraction of sp³-hybridized carbons (Fsp3) is 0.556. The Morgan fingerprint density at radius 2 is 2.29 bits per heavy atom. The molecular weight excluding hydrogens is 246 g/mol. The largest absolute Gasteiger partial charge is 0.481 e. The van der Waals surface area contributed by atoms with Gasteiger partial charge in [0.1, 0.15) is 0 Å². The summed E-state index contributed by atoms with van der Waals surface area (Å²) in [5, 5.41) is 12.3. The van der Waals surface area contributed by atoms with Crippen molar-refractivity contribution in [2.24, 2.45) is 7.05 Å². The third-order valence-corrected chi connectivity index (χ3v) is 3.47. The lowest BCUT2D eigenvalue weighted by atomic mass is 10.3. The number of carboxylic acids is 1. The van der Waals surface area contributed by atoms with E-state index in [1.807, 2.05) is 0 Å². The van der Waals surface area contributed by atoms with Gasteiger partial charge in [-0.15, -0.1) is 0 Å². The topological polar surface area (TPSA) is 101 Å². The fourth-order valence-corrected chi connectivity index (χ4v) is 2.30. The quantitative estimate of drug-likeness (QED) is 0.702. The lowest BCUT2D eigenvalue weighted by Crippen LogP contribution is -2.26. The molecule has 2 N–H and O–H groups in total. The minimum Gasteiger partial charge on any atom is -0.481 e. The van der Waals surface area contributed by atoms with Gasteiger partial charge < -0.3 is 5.11 Å². The molecule has 0 unspecified atom stereocenters. The second-order valence-corrected chi connectivity index (χ2v) is 5.59. The zero-order valence-electron chi connectivity index (χ0n) is 9.46. The average Bonchev–Trinajstić information content (AvgIpc) is 2.61. The van der Waals surface area contributed by atoms with E-state index in [4.69, 9.17) is 5.11 Å². The van der Waals surface area contributed by atoms with Crippen LogP contribution >= 0.6 is 0 Å². The molecule has 1 aromatic heterocycles. The van der Waals surface area contributed by atoms with Gasteiger partial charge in [-0.25, -0.2) is 13.1 Å². The summed E-state index contributed by atoms with van der Waals surface area (Å²) in [6, 6.07) is 0. The van der Waals surface area contributed by atoms with Crippen LogP contribution in [0.3, 0.4) is 0 Å². The smallest absolute Gasteiger partial charge is 0.303 e. The van der Waals surface area contributed by atoms with E-state index in [0.717, 1.165) is 5.56 Å². The van der Waals surface area contributed by atoms with E-state index in [0.29, 0.717) is 0 Å². The molecule has 7 nitrogen and oxygen atoms in total. The van der Waals surface area contributed by atoms with Crippen molar-refractivity contribution in [3.8, 4) is 0 Å². The van der Waals surface area contributed by atoms with Crippen molar-refractivity contribution in [2.75, 3.05) is 5.75 Å². The third kappa shape index (κ3) is 5.45. The lowest BCUT2D eigenvalue weighted by molar-refractivity contribution is -0.137. The molecule has 0 saturated carbocycles. The predicted molar refractivity (Wildman–Crippen MR) is 60.7 cm³/mol. The number of hydrogen-bond acceptors (Lipinski definition) is 4. The molecule has 0 atom stereocenters. The molecule has 96 valence electrons. The molecule has 0 aromatic carbocycles. The average molecular weight is 261 g/mol. The summed E-state index contributed by atoms with van der Waals surface area (Å²) >= 11 is 0. The fourth-order valence-electron chi connectivity index (χ4n) is 1.24. The Labute approximate surface area is 99.5 Å². The van der Waals surface area contributed by atoms with Crippen LogP contribution in [0.2, 0.25) is 0 Å². The Kier molecular flexibility index (Phi) is 4.64.